The molecule has 2 fully saturated rings. The van der Waals surface area contributed by atoms with Gasteiger partial charge in [-0.05, 0) is 40.0 Å². The van der Waals surface area contributed by atoms with E-state index < -0.39 is 0 Å². The SMILES string of the molecule is CC(C)(C)N1CCC(N)C12CC2. The molecule has 2 rings (SSSR count). The van der Waals surface area contributed by atoms with Crippen molar-refractivity contribution in [1.82, 2.24) is 4.90 Å². The number of hydrogen-bond donors (Lipinski definition) is 1. The molecular weight excluding hydrogens is 148 g/mol. The summed E-state index contributed by atoms with van der Waals surface area (Å²) in [6.07, 6.45) is 3.84. The van der Waals surface area contributed by atoms with Crippen LogP contribution in [0.1, 0.15) is 40.0 Å². The van der Waals surface area contributed by atoms with Crippen molar-refractivity contribution in [2.45, 2.75) is 57.2 Å². The molecule has 1 saturated carbocycles. The Morgan fingerprint density at radius 3 is 2.25 bits per heavy atom. The van der Waals surface area contributed by atoms with Gasteiger partial charge >= 0.3 is 0 Å². The van der Waals surface area contributed by atoms with E-state index in [-0.39, 0.29) is 0 Å². The number of nitrogens with zero attached hydrogens (tertiary/aromatic N) is 1. The highest BCUT2D eigenvalue weighted by atomic mass is 15.3. The molecule has 2 aliphatic rings. The van der Waals surface area contributed by atoms with Gasteiger partial charge in [-0.2, -0.15) is 0 Å². The van der Waals surface area contributed by atoms with Gasteiger partial charge in [0, 0.05) is 23.7 Å². The summed E-state index contributed by atoms with van der Waals surface area (Å²) in [7, 11) is 0. The third-order valence-electron chi connectivity index (χ3n) is 3.46. The van der Waals surface area contributed by atoms with Crippen molar-refractivity contribution in [2.24, 2.45) is 5.73 Å². The van der Waals surface area contributed by atoms with Crippen molar-refractivity contribution in [3.05, 3.63) is 0 Å². The van der Waals surface area contributed by atoms with Crippen LogP contribution in [0.15, 0.2) is 0 Å². The summed E-state index contributed by atoms with van der Waals surface area (Å²) in [5.74, 6) is 0. The molecule has 1 spiro atoms. The summed E-state index contributed by atoms with van der Waals surface area (Å²) in [5, 5.41) is 0. The Balaban J connectivity index is 2.19. The van der Waals surface area contributed by atoms with Crippen molar-refractivity contribution < 1.29 is 0 Å². The predicted molar refractivity (Wildman–Crippen MR) is 51.0 cm³/mol. The van der Waals surface area contributed by atoms with Gasteiger partial charge in [-0.1, -0.05) is 0 Å². The van der Waals surface area contributed by atoms with Crippen LogP contribution in [-0.4, -0.2) is 28.6 Å². The van der Waals surface area contributed by atoms with Crippen LogP contribution in [0.25, 0.3) is 0 Å². The lowest BCUT2D eigenvalue weighted by atomic mass is 10.0. The Kier molecular flexibility index (Phi) is 1.59. The first kappa shape index (κ1) is 8.52. The molecule has 0 aromatic rings. The van der Waals surface area contributed by atoms with Crippen LogP contribution in [-0.2, 0) is 0 Å². The molecule has 1 saturated heterocycles. The second kappa shape index (κ2) is 2.24. The standard InChI is InChI=1S/C10H20N2/c1-9(2,3)12-7-4-8(11)10(12)5-6-10/h8H,4-7,11H2,1-3H3. The quantitative estimate of drug-likeness (QED) is 0.591. The van der Waals surface area contributed by atoms with Gasteiger partial charge in [-0.25, -0.2) is 0 Å². The average Bonchev–Trinajstić information content (AvgIpc) is 2.58. The van der Waals surface area contributed by atoms with Crippen LogP contribution in [0.2, 0.25) is 0 Å². The summed E-state index contributed by atoms with van der Waals surface area (Å²) in [6.45, 7) is 8.09. The summed E-state index contributed by atoms with van der Waals surface area (Å²) < 4.78 is 0. The maximum Gasteiger partial charge on any atom is 0.0367 e. The molecule has 1 aliphatic heterocycles. The molecule has 70 valence electrons. The lowest BCUT2D eigenvalue weighted by Crippen LogP contribution is -2.50. The predicted octanol–water partition coefficient (Wildman–Crippen LogP) is 1.35. The fourth-order valence-corrected chi connectivity index (χ4v) is 2.73. The highest BCUT2D eigenvalue weighted by Crippen LogP contribution is 2.51. The molecule has 0 aromatic carbocycles. The maximum atomic E-state index is 6.12. The number of rotatable bonds is 0. The molecule has 0 amide bonds. The smallest absolute Gasteiger partial charge is 0.0367 e. The van der Waals surface area contributed by atoms with Crippen molar-refractivity contribution in [1.29, 1.82) is 0 Å². The van der Waals surface area contributed by atoms with Crippen molar-refractivity contribution in [3.63, 3.8) is 0 Å². The second-order valence-electron chi connectivity index (χ2n) is 5.32. The Labute approximate surface area is 75.1 Å². The highest BCUT2D eigenvalue weighted by Gasteiger charge is 2.58. The average molecular weight is 168 g/mol. The van der Waals surface area contributed by atoms with Crippen LogP contribution < -0.4 is 5.73 Å². The van der Waals surface area contributed by atoms with Gasteiger partial charge in [-0.15, -0.1) is 0 Å². The van der Waals surface area contributed by atoms with E-state index in [0.29, 0.717) is 17.1 Å². The molecule has 1 atom stereocenters. The molecule has 0 radical (unpaired) electrons. The zero-order chi connectivity index (χ0) is 8.98. The van der Waals surface area contributed by atoms with E-state index in [1.165, 1.54) is 25.8 Å². The van der Waals surface area contributed by atoms with E-state index in [0.717, 1.165) is 0 Å². The van der Waals surface area contributed by atoms with E-state index in [1.807, 2.05) is 0 Å². The molecule has 2 N–H and O–H groups in total. The van der Waals surface area contributed by atoms with Crippen LogP contribution >= 0.6 is 0 Å². The van der Waals surface area contributed by atoms with Gasteiger partial charge in [0.2, 0.25) is 0 Å². The Morgan fingerprint density at radius 2 is 1.92 bits per heavy atom. The molecule has 1 aliphatic carbocycles. The fourth-order valence-electron chi connectivity index (χ4n) is 2.73. The number of nitrogens with two attached hydrogens (primary N) is 1. The molecule has 1 unspecified atom stereocenters. The minimum absolute atomic E-state index is 0.310. The Bertz CT molecular complexity index is 189. The highest BCUT2D eigenvalue weighted by molar-refractivity contribution is 5.16. The van der Waals surface area contributed by atoms with Crippen molar-refractivity contribution >= 4 is 0 Å². The first-order chi connectivity index (χ1) is 5.47. The Morgan fingerprint density at radius 1 is 1.33 bits per heavy atom. The van der Waals surface area contributed by atoms with E-state index in [1.54, 1.807) is 0 Å². The molecule has 12 heavy (non-hydrogen) atoms. The van der Waals surface area contributed by atoms with Crippen LogP contribution in [0.3, 0.4) is 0 Å². The first-order valence-corrected chi connectivity index (χ1v) is 5.00. The van der Waals surface area contributed by atoms with Crippen LogP contribution in [0.4, 0.5) is 0 Å². The topological polar surface area (TPSA) is 29.3 Å². The lowest BCUT2D eigenvalue weighted by molar-refractivity contribution is 0.102. The van der Waals surface area contributed by atoms with E-state index in [2.05, 4.69) is 25.7 Å². The van der Waals surface area contributed by atoms with Gasteiger partial charge < -0.3 is 5.73 Å². The second-order valence-corrected chi connectivity index (χ2v) is 5.32. The molecular formula is C10H20N2. The van der Waals surface area contributed by atoms with Gasteiger partial charge in [0.25, 0.3) is 0 Å². The van der Waals surface area contributed by atoms with Gasteiger partial charge in [0.1, 0.15) is 0 Å². The van der Waals surface area contributed by atoms with E-state index >= 15 is 0 Å². The minimum atomic E-state index is 0.310. The largest absolute Gasteiger partial charge is 0.326 e. The zero-order valence-corrected chi connectivity index (χ0v) is 8.43. The van der Waals surface area contributed by atoms with E-state index in [4.69, 9.17) is 5.73 Å². The summed E-state index contributed by atoms with van der Waals surface area (Å²) >= 11 is 0. The van der Waals surface area contributed by atoms with Crippen LogP contribution in [0.5, 0.6) is 0 Å². The van der Waals surface area contributed by atoms with Gasteiger partial charge in [0.15, 0.2) is 0 Å². The molecule has 2 heteroatoms. The van der Waals surface area contributed by atoms with Crippen LogP contribution in [0, 0.1) is 0 Å². The minimum Gasteiger partial charge on any atom is -0.326 e. The zero-order valence-electron chi connectivity index (χ0n) is 8.43. The molecule has 0 bridgehead atoms. The van der Waals surface area contributed by atoms with Crippen molar-refractivity contribution in [2.75, 3.05) is 6.54 Å². The lowest BCUT2D eigenvalue weighted by Gasteiger charge is -2.38. The summed E-state index contributed by atoms with van der Waals surface area (Å²) in [5.41, 5.74) is 6.85. The summed E-state index contributed by atoms with van der Waals surface area (Å²) in [6, 6.07) is 0.441. The monoisotopic (exact) mass is 168 g/mol. The first-order valence-electron chi connectivity index (χ1n) is 5.00. The fraction of sp³-hybridized carbons (Fsp3) is 1.00. The summed E-state index contributed by atoms with van der Waals surface area (Å²) in [4.78, 5) is 2.62. The normalized spacial score (nSPS) is 34.5. The van der Waals surface area contributed by atoms with Crippen molar-refractivity contribution in [3.8, 4) is 0 Å². The van der Waals surface area contributed by atoms with Gasteiger partial charge in [-0.3, -0.25) is 4.90 Å². The molecule has 1 heterocycles. The third-order valence-corrected chi connectivity index (χ3v) is 3.46. The van der Waals surface area contributed by atoms with Gasteiger partial charge in [0.05, 0.1) is 0 Å². The third kappa shape index (κ3) is 1.01. The number of likely N-dealkylation sites (tertiary alicyclic amines) is 1. The molecule has 0 aromatic heterocycles. The Hall–Kier alpha value is -0.0800. The number of hydrogen-bond acceptors (Lipinski definition) is 2. The van der Waals surface area contributed by atoms with E-state index in [9.17, 15) is 0 Å². The molecule has 2 nitrogen and oxygen atoms in total. The maximum absolute atomic E-state index is 6.12.